The Morgan fingerprint density at radius 3 is 2.47 bits per heavy atom. The number of anilines is 2. The molecule has 0 fully saturated rings. The minimum Gasteiger partial charge on any atom is -0.496 e. The number of oxazole rings is 1. The number of ether oxygens (including phenoxy) is 1. The average Bonchev–Trinajstić information content (AvgIpc) is 3.27. The molecule has 32 heavy (non-hydrogen) atoms. The number of rotatable bonds is 9. The molecule has 8 nitrogen and oxygen atoms in total. The van der Waals surface area contributed by atoms with E-state index in [1.165, 1.54) is 17.8 Å². The van der Waals surface area contributed by atoms with Gasteiger partial charge in [-0.1, -0.05) is 32.0 Å². The number of hydrogen-bond acceptors (Lipinski definition) is 6. The van der Waals surface area contributed by atoms with Crippen molar-refractivity contribution in [2.24, 2.45) is 5.92 Å². The summed E-state index contributed by atoms with van der Waals surface area (Å²) in [5.74, 6) is 0.678. The lowest BCUT2D eigenvalue weighted by Gasteiger charge is -2.31. The first kappa shape index (κ1) is 23.3. The molecule has 1 aromatic heterocycles. The van der Waals surface area contributed by atoms with Crippen LogP contribution >= 0.6 is 0 Å². The molecule has 9 heteroatoms. The summed E-state index contributed by atoms with van der Waals surface area (Å²) in [6.45, 7) is 3.89. The molecule has 1 N–H and O–H groups in total. The molecular formula is C23H27N3O5S. The van der Waals surface area contributed by atoms with Crippen LogP contribution in [0.5, 0.6) is 5.75 Å². The lowest BCUT2D eigenvalue weighted by atomic mass is 10.0. The number of carbonyl (C=O) groups excluding carboxylic acids is 1. The van der Waals surface area contributed by atoms with Crippen molar-refractivity contribution in [1.29, 1.82) is 0 Å². The molecule has 0 saturated carbocycles. The molecule has 1 heterocycles. The van der Waals surface area contributed by atoms with E-state index in [9.17, 15) is 13.2 Å². The Morgan fingerprint density at radius 1 is 1.19 bits per heavy atom. The van der Waals surface area contributed by atoms with E-state index in [1.807, 2.05) is 13.8 Å². The van der Waals surface area contributed by atoms with Crippen LogP contribution in [0.25, 0.3) is 11.3 Å². The van der Waals surface area contributed by atoms with Gasteiger partial charge in [0.05, 0.1) is 30.8 Å². The first-order valence-electron chi connectivity index (χ1n) is 10.1. The third-order valence-corrected chi connectivity index (χ3v) is 6.00. The molecule has 1 amide bonds. The summed E-state index contributed by atoms with van der Waals surface area (Å²) in [6.07, 6.45) is 4.35. The molecule has 0 unspecified atom stereocenters. The van der Waals surface area contributed by atoms with Crippen molar-refractivity contribution in [1.82, 2.24) is 4.98 Å². The molecular weight excluding hydrogens is 430 g/mol. The first-order chi connectivity index (χ1) is 15.2. The molecule has 3 aromatic rings. The second-order valence-corrected chi connectivity index (χ2v) is 9.67. The Hall–Kier alpha value is -3.33. The number of aromatic nitrogens is 1. The summed E-state index contributed by atoms with van der Waals surface area (Å²) >= 11 is 0. The molecule has 0 aliphatic rings. The van der Waals surface area contributed by atoms with Gasteiger partial charge in [0, 0.05) is 11.8 Å². The second kappa shape index (κ2) is 9.86. The van der Waals surface area contributed by atoms with E-state index >= 15 is 0 Å². The Labute approximate surface area is 188 Å². The molecule has 0 spiro atoms. The van der Waals surface area contributed by atoms with Gasteiger partial charge in [0.2, 0.25) is 15.9 Å². The average molecular weight is 458 g/mol. The van der Waals surface area contributed by atoms with Gasteiger partial charge in [0.1, 0.15) is 11.8 Å². The highest BCUT2D eigenvalue weighted by Gasteiger charge is 2.33. The van der Waals surface area contributed by atoms with Gasteiger partial charge in [-0.25, -0.2) is 13.4 Å². The van der Waals surface area contributed by atoms with Crippen molar-refractivity contribution in [3.63, 3.8) is 0 Å². The van der Waals surface area contributed by atoms with Crippen molar-refractivity contribution in [3.05, 3.63) is 61.1 Å². The fourth-order valence-electron chi connectivity index (χ4n) is 3.48. The monoisotopic (exact) mass is 457 g/mol. The van der Waals surface area contributed by atoms with E-state index < -0.39 is 22.0 Å². The van der Waals surface area contributed by atoms with E-state index in [-0.39, 0.29) is 5.92 Å². The lowest BCUT2D eigenvalue weighted by molar-refractivity contribution is -0.117. The maximum atomic E-state index is 13.3. The molecule has 3 rings (SSSR count). The third-order valence-electron chi connectivity index (χ3n) is 4.82. The number of carbonyl (C=O) groups is 1. The van der Waals surface area contributed by atoms with Gasteiger partial charge < -0.3 is 14.5 Å². The Kier molecular flexibility index (Phi) is 7.19. The number of amides is 1. The SMILES string of the molecule is COc1cc(NC(=O)[C@@H](CC(C)C)N(c2ccccc2)S(C)(=O)=O)ccc1-c1cnco1. The van der Waals surface area contributed by atoms with Crippen LogP contribution in [-0.2, 0) is 14.8 Å². The predicted molar refractivity (Wildman–Crippen MR) is 124 cm³/mol. The zero-order chi connectivity index (χ0) is 23.3. The van der Waals surface area contributed by atoms with Gasteiger partial charge in [0.25, 0.3) is 0 Å². The van der Waals surface area contributed by atoms with Crippen LogP contribution in [0.4, 0.5) is 11.4 Å². The molecule has 1 atom stereocenters. The van der Waals surface area contributed by atoms with Crippen molar-refractivity contribution >= 4 is 27.3 Å². The minimum atomic E-state index is -3.72. The molecule has 0 aliphatic carbocycles. The van der Waals surface area contributed by atoms with Gasteiger partial charge in [-0.15, -0.1) is 0 Å². The molecule has 0 saturated heterocycles. The van der Waals surface area contributed by atoms with Crippen LogP contribution in [0.15, 0.2) is 65.5 Å². The molecule has 2 aromatic carbocycles. The number of nitrogens with zero attached hydrogens (tertiary/aromatic N) is 2. The fourth-order valence-corrected chi connectivity index (χ4v) is 4.63. The smallest absolute Gasteiger partial charge is 0.248 e. The highest BCUT2D eigenvalue weighted by atomic mass is 32.2. The van der Waals surface area contributed by atoms with Gasteiger partial charge >= 0.3 is 0 Å². The number of sulfonamides is 1. The topological polar surface area (TPSA) is 102 Å². The van der Waals surface area contributed by atoms with Crippen molar-refractivity contribution in [3.8, 4) is 17.1 Å². The van der Waals surface area contributed by atoms with Crippen LogP contribution in [0.3, 0.4) is 0 Å². The largest absolute Gasteiger partial charge is 0.496 e. The summed E-state index contributed by atoms with van der Waals surface area (Å²) in [4.78, 5) is 17.2. The molecule has 170 valence electrons. The Morgan fingerprint density at radius 2 is 1.91 bits per heavy atom. The van der Waals surface area contributed by atoms with Crippen LogP contribution in [-0.4, -0.2) is 38.7 Å². The van der Waals surface area contributed by atoms with Gasteiger partial charge in [-0.3, -0.25) is 9.10 Å². The van der Waals surface area contributed by atoms with Crippen LogP contribution < -0.4 is 14.4 Å². The van der Waals surface area contributed by atoms with Crippen molar-refractivity contribution in [2.45, 2.75) is 26.3 Å². The second-order valence-electron chi connectivity index (χ2n) is 7.81. The van der Waals surface area contributed by atoms with Gasteiger partial charge in [-0.2, -0.15) is 0 Å². The summed E-state index contributed by atoms with van der Waals surface area (Å²) in [5.41, 5.74) is 1.60. The number of nitrogens with one attached hydrogen (secondary N) is 1. The van der Waals surface area contributed by atoms with E-state index in [2.05, 4.69) is 10.3 Å². The van der Waals surface area contributed by atoms with Gasteiger partial charge in [-0.05, 0) is 36.6 Å². The highest BCUT2D eigenvalue weighted by Crippen LogP contribution is 2.33. The van der Waals surface area contributed by atoms with E-state index in [1.54, 1.807) is 54.7 Å². The van der Waals surface area contributed by atoms with Crippen LogP contribution in [0, 0.1) is 5.92 Å². The van der Waals surface area contributed by atoms with E-state index in [0.717, 1.165) is 6.26 Å². The highest BCUT2D eigenvalue weighted by molar-refractivity contribution is 7.92. The maximum Gasteiger partial charge on any atom is 0.248 e. The molecule has 0 aliphatic heterocycles. The Bertz CT molecular complexity index is 1150. The van der Waals surface area contributed by atoms with Crippen molar-refractivity contribution < 1.29 is 22.4 Å². The third kappa shape index (κ3) is 5.47. The minimum absolute atomic E-state index is 0.0853. The number of methoxy groups -OCH3 is 1. The lowest BCUT2D eigenvalue weighted by Crippen LogP contribution is -2.48. The van der Waals surface area contributed by atoms with E-state index in [0.29, 0.717) is 34.9 Å². The normalized spacial score (nSPS) is 12.4. The molecule has 0 radical (unpaired) electrons. The summed E-state index contributed by atoms with van der Waals surface area (Å²) in [5, 5.41) is 2.85. The van der Waals surface area contributed by atoms with Crippen LogP contribution in [0.1, 0.15) is 20.3 Å². The summed E-state index contributed by atoms with van der Waals surface area (Å²) < 4.78 is 37.4. The Balaban J connectivity index is 1.94. The van der Waals surface area contributed by atoms with E-state index in [4.69, 9.17) is 9.15 Å². The number of hydrogen-bond donors (Lipinski definition) is 1. The zero-order valence-corrected chi connectivity index (χ0v) is 19.3. The quantitative estimate of drug-likeness (QED) is 0.517. The van der Waals surface area contributed by atoms with Crippen molar-refractivity contribution in [2.75, 3.05) is 23.0 Å². The maximum absolute atomic E-state index is 13.3. The standard InChI is InChI=1S/C23H27N3O5S/c1-16(2)12-20(26(32(4,28)29)18-8-6-5-7-9-18)23(27)25-17-10-11-19(21(13-17)30-3)22-14-24-15-31-22/h5-11,13-16,20H,12H2,1-4H3,(H,25,27)/t20-/m1/s1. The summed E-state index contributed by atoms with van der Waals surface area (Å²) in [7, 11) is -2.20. The van der Waals surface area contributed by atoms with Crippen LogP contribution in [0.2, 0.25) is 0 Å². The zero-order valence-electron chi connectivity index (χ0n) is 18.5. The summed E-state index contributed by atoms with van der Waals surface area (Å²) in [6, 6.07) is 12.8. The number of benzene rings is 2. The fraction of sp³-hybridized carbons (Fsp3) is 0.304. The van der Waals surface area contributed by atoms with Gasteiger partial charge in [0.15, 0.2) is 12.2 Å². The number of para-hydroxylation sites is 1. The predicted octanol–water partition coefficient (Wildman–Crippen LogP) is 4.17. The first-order valence-corrected chi connectivity index (χ1v) is 12.0. The molecule has 0 bridgehead atoms.